The van der Waals surface area contributed by atoms with E-state index in [1.807, 2.05) is 0 Å². The summed E-state index contributed by atoms with van der Waals surface area (Å²) in [6, 6.07) is 0. The molecule has 0 aromatic heterocycles. The van der Waals surface area contributed by atoms with Crippen molar-refractivity contribution < 1.29 is 0 Å². The molecule has 0 saturated heterocycles. The van der Waals surface area contributed by atoms with Crippen molar-refractivity contribution in [2.45, 2.75) is 77.4 Å². The van der Waals surface area contributed by atoms with Gasteiger partial charge in [0.1, 0.15) is 0 Å². The first-order valence-corrected chi connectivity index (χ1v) is 9.93. The maximum Gasteiger partial charge on any atom is 0.00902 e. The SMILES string of the molecule is CCC(C)(C)C1CCC(CN)C(SCC2CCCC2)C1. The highest BCUT2D eigenvalue weighted by molar-refractivity contribution is 7.99. The molecule has 0 spiro atoms. The molecule has 3 unspecified atom stereocenters. The van der Waals surface area contributed by atoms with E-state index in [-0.39, 0.29) is 0 Å². The van der Waals surface area contributed by atoms with Gasteiger partial charge in [-0.05, 0) is 67.6 Å². The summed E-state index contributed by atoms with van der Waals surface area (Å²) in [6.07, 6.45) is 11.4. The lowest BCUT2D eigenvalue weighted by atomic mass is 9.67. The van der Waals surface area contributed by atoms with Crippen molar-refractivity contribution in [3.05, 3.63) is 0 Å². The fraction of sp³-hybridized carbons (Fsp3) is 1.00. The largest absolute Gasteiger partial charge is 0.330 e. The highest BCUT2D eigenvalue weighted by Gasteiger charge is 2.37. The van der Waals surface area contributed by atoms with Gasteiger partial charge in [0.15, 0.2) is 0 Å². The van der Waals surface area contributed by atoms with Crippen LogP contribution in [0.4, 0.5) is 0 Å². The second kappa shape index (κ2) is 7.54. The molecule has 1 nitrogen and oxygen atoms in total. The summed E-state index contributed by atoms with van der Waals surface area (Å²) >= 11 is 2.28. The number of hydrogen-bond acceptors (Lipinski definition) is 2. The van der Waals surface area contributed by atoms with E-state index in [4.69, 9.17) is 5.73 Å². The van der Waals surface area contributed by atoms with Gasteiger partial charge in [0, 0.05) is 5.25 Å². The molecular formula is C18H35NS. The van der Waals surface area contributed by atoms with Crippen molar-refractivity contribution in [3.8, 4) is 0 Å². The van der Waals surface area contributed by atoms with Gasteiger partial charge in [-0.2, -0.15) is 11.8 Å². The molecule has 20 heavy (non-hydrogen) atoms. The molecule has 0 amide bonds. The maximum atomic E-state index is 6.05. The average molecular weight is 298 g/mol. The molecule has 0 aromatic carbocycles. The van der Waals surface area contributed by atoms with Gasteiger partial charge >= 0.3 is 0 Å². The van der Waals surface area contributed by atoms with E-state index in [2.05, 4.69) is 32.5 Å². The molecular weight excluding hydrogens is 262 g/mol. The molecule has 2 N–H and O–H groups in total. The highest BCUT2D eigenvalue weighted by atomic mass is 32.2. The summed E-state index contributed by atoms with van der Waals surface area (Å²) in [4.78, 5) is 0. The molecule has 2 heteroatoms. The lowest BCUT2D eigenvalue weighted by Gasteiger charge is -2.43. The van der Waals surface area contributed by atoms with Crippen LogP contribution in [0, 0.1) is 23.2 Å². The fourth-order valence-corrected chi connectivity index (χ4v) is 5.84. The Morgan fingerprint density at radius 3 is 2.40 bits per heavy atom. The molecule has 118 valence electrons. The molecule has 0 aliphatic heterocycles. The van der Waals surface area contributed by atoms with Crippen molar-refractivity contribution in [1.82, 2.24) is 0 Å². The Hall–Kier alpha value is 0.310. The van der Waals surface area contributed by atoms with Gasteiger partial charge in [-0.3, -0.25) is 0 Å². The van der Waals surface area contributed by atoms with Crippen LogP contribution in [0.25, 0.3) is 0 Å². The van der Waals surface area contributed by atoms with Crippen LogP contribution in [-0.4, -0.2) is 17.5 Å². The van der Waals surface area contributed by atoms with Crippen LogP contribution in [0.5, 0.6) is 0 Å². The minimum Gasteiger partial charge on any atom is -0.330 e. The maximum absolute atomic E-state index is 6.05. The number of hydrogen-bond donors (Lipinski definition) is 1. The zero-order valence-corrected chi connectivity index (χ0v) is 14.7. The fourth-order valence-electron chi connectivity index (χ4n) is 4.10. The normalized spacial score (nSPS) is 32.7. The van der Waals surface area contributed by atoms with Gasteiger partial charge in [-0.15, -0.1) is 0 Å². The van der Waals surface area contributed by atoms with E-state index < -0.39 is 0 Å². The summed E-state index contributed by atoms with van der Waals surface area (Å²) in [5.74, 6) is 4.11. The zero-order chi connectivity index (χ0) is 14.6. The van der Waals surface area contributed by atoms with Crippen LogP contribution in [0.15, 0.2) is 0 Å². The van der Waals surface area contributed by atoms with Gasteiger partial charge in [0.2, 0.25) is 0 Å². The van der Waals surface area contributed by atoms with Crippen molar-refractivity contribution in [2.24, 2.45) is 28.9 Å². The quantitative estimate of drug-likeness (QED) is 0.739. The third-order valence-electron chi connectivity index (χ3n) is 6.27. The third kappa shape index (κ3) is 4.16. The summed E-state index contributed by atoms with van der Waals surface area (Å²) < 4.78 is 0. The van der Waals surface area contributed by atoms with E-state index in [1.54, 1.807) is 0 Å². The van der Waals surface area contributed by atoms with Crippen molar-refractivity contribution in [2.75, 3.05) is 12.3 Å². The van der Waals surface area contributed by atoms with Gasteiger partial charge in [0.25, 0.3) is 0 Å². The van der Waals surface area contributed by atoms with Crippen molar-refractivity contribution in [1.29, 1.82) is 0 Å². The van der Waals surface area contributed by atoms with Crippen LogP contribution in [0.2, 0.25) is 0 Å². The highest BCUT2D eigenvalue weighted by Crippen LogP contribution is 2.46. The molecule has 2 aliphatic carbocycles. The third-order valence-corrected chi connectivity index (χ3v) is 7.94. The van der Waals surface area contributed by atoms with E-state index in [0.29, 0.717) is 5.41 Å². The molecule has 3 atom stereocenters. The number of nitrogens with two attached hydrogens (primary N) is 1. The Balaban J connectivity index is 1.88. The van der Waals surface area contributed by atoms with Gasteiger partial charge in [-0.25, -0.2) is 0 Å². The smallest absolute Gasteiger partial charge is 0.00902 e. The molecule has 2 fully saturated rings. The first kappa shape index (κ1) is 16.7. The Kier molecular flexibility index (Phi) is 6.28. The molecule has 0 radical (unpaired) electrons. The summed E-state index contributed by atoms with van der Waals surface area (Å²) in [7, 11) is 0. The van der Waals surface area contributed by atoms with Crippen LogP contribution >= 0.6 is 11.8 Å². The van der Waals surface area contributed by atoms with Crippen molar-refractivity contribution >= 4 is 11.8 Å². The lowest BCUT2D eigenvalue weighted by molar-refractivity contribution is 0.134. The Bertz CT molecular complexity index is 283. The second-order valence-electron chi connectivity index (χ2n) is 7.87. The summed E-state index contributed by atoms with van der Waals surface area (Å²) in [6.45, 7) is 8.20. The van der Waals surface area contributed by atoms with Gasteiger partial charge < -0.3 is 5.73 Å². The van der Waals surface area contributed by atoms with Crippen LogP contribution in [0.1, 0.15) is 72.1 Å². The Labute approximate surface area is 130 Å². The Morgan fingerprint density at radius 1 is 1.10 bits per heavy atom. The van der Waals surface area contributed by atoms with Gasteiger partial charge in [-0.1, -0.05) is 40.0 Å². The zero-order valence-electron chi connectivity index (χ0n) is 13.9. The standard InChI is InChI=1S/C18H35NS/c1-4-18(2,3)16-10-9-15(12-19)17(11-16)20-13-14-7-5-6-8-14/h14-17H,4-13,19H2,1-3H3. The number of rotatable bonds is 6. The van der Waals surface area contributed by atoms with Crippen molar-refractivity contribution in [3.63, 3.8) is 0 Å². The van der Waals surface area contributed by atoms with E-state index in [9.17, 15) is 0 Å². The van der Waals surface area contributed by atoms with E-state index >= 15 is 0 Å². The predicted molar refractivity (Wildman–Crippen MR) is 92.2 cm³/mol. The minimum atomic E-state index is 0.520. The number of thioether (sulfide) groups is 1. The molecule has 2 saturated carbocycles. The Morgan fingerprint density at radius 2 is 1.80 bits per heavy atom. The minimum absolute atomic E-state index is 0.520. The molecule has 2 rings (SSSR count). The molecule has 2 aliphatic rings. The lowest BCUT2D eigenvalue weighted by Crippen LogP contribution is -2.38. The van der Waals surface area contributed by atoms with E-state index in [0.717, 1.165) is 29.5 Å². The van der Waals surface area contributed by atoms with Gasteiger partial charge in [0.05, 0.1) is 0 Å². The summed E-state index contributed by atoms with van der Waals surface area (Å²) in [5, 5.41) is 0.838. The second-order valence-corrected chi connectivity index (χ2v) is 9.14. The van der Waals surface area contributed by atoms with E-state index in [1.165, 1.54) is 57.1 Å². The average Bonchev–Trinajstić information content (AvgIpc) is 2.98. The first-order valence-electron chi connectivity index (χ1n) is 8.88. The topological polar surface area (TPSA) is 26.0 Å². The predicted octanol–water partition coefficient (Wildman–Crippen LogP) is 5.09. The van der Waals surface area contributed by atoms with Crippen LogP contribution < -0.4 is 5.73 Å². The first-order chi connectivity index (χ1) is 9.56. The molecule has 0 heterocycles. The molecule has 0 bridgehead atoms. The monoisotopic (exact) mass is 297 g/mol. The van der Waals surface area contributed by atoms with Crippen LogP contribution in [0.3, 0.4) is 0 Å². The molecule has 0 aromatic rings. The van der Waals surface area contributed by atoms with Crippen LogP contribution in [-0.2, 0) is 0 Å². The summed E-state index contributed by atoms with van der Waals surface area (Å²) in [5.41, 5.74) is 6.57.